The van der Waals surface area contributed by atoms with Crippen LogP contribution in [0.2, 0.25) is 0 Å². The first kappa shape index (κ1) is 19.5. The van der Waals surface area contributed by atoms with Gasteiger partial charge in [0.25, 0.3) is 0 Å². The van der Waals surface area contributed by atoms with Crippen LogP contribution in [-0.2, 0) is 0 Å². The molecule has 8 heteroatoms. The lowest BCUT2D eigenvalue weighted by atomic mass is 10.1. The van der Waals surface area contributed by atoms with Gasteiger partial charge in [-0.3, -0.25) is 9.97 Å². The third-order valence-corrected chi connectivity index (χ3v) is 5.08. The van der Waals surface area contributed by atoms with Gasteiger partial charge in [0, 0.05) is 29.5 Å². The van der Waals surface area contributed by atoms with Gasteiger partial charge in [-0.25, -0.2) is 9.67 Å². The van der Waals surface area contributed by atoms with Gasteiger partial charge < -0.3 is 9.47 Å². The molecule has 0 aliphatic carbocycles. The molecule has 0 bridgehead atoms. The van der Waals surface area contributed by atoms with Gasteiger partial charge in [-0.2, -0.15) is 5.10 Å². The van der Waals surface area contributed by atoms with Crippen LogP contribution >= 0.6 is 11.3 Å². The highest BCUT2D eigenvalue weighted by Crippen LogP contribution is 2.33. The fraction of sp³-hybridized carbons (Fsp3) is 0.0909. The zero-order valence-corrected chi connectivity index (χ0v) is 17.3. The molecular formula is C22H19N5O2S. The molecule has 0 fully saturated rings. The molecule has 7 nitrogen and oxygen atoms in total. The van der Waals surface area contributed by atoms with E-state index in [0.29, 0.717) is 4.80 Å². The van der Waals surface area contributed by atoms with Crippen LogP contribution in [0.1, 0.15) is 5.56 Å². The molecule has 0 amide bonds. The van der Waals surface area contributed by atoms with Crippen LogP contribution in [0, 0.1) is 0 Å². The van der Waals surface area contributed by atoms with Crippen molar-refractivity contribution in [2.45, 2.75) is 0 Å². The third-order valence-electron chi connectivity index (χ3n) is 4.27. The first-order valence-corrected chi connectivity index (χ1v) is 9.98. The number of pyridine rings is 2. The maximum absolute atomic E-state index is 5.58. The van der Waals surface area contributed by atoms with Crippen molar-refractivity contribution in [3.8, 4) is 22.8 Å². The fourth-order valence-electron chi connectivity index (χ4n) is 2.79. The summed E-state index contributed by atoms with van der Waals surface area (Å²) in [6.07, 6.45) is 8.66. The molecule has 0 N–H and O–H groups in total. The molecule has 0 spiro atoms. The Balaban J connectivity index is 1.90. The lowest BCUT2D eigenvalue weighted by Gasteiger charge is -2.11. The van der Waals surface area contributed by atoms with E-state index in [1.165, 1.54) is 11.3 Å². The van der Waals surface area contributed by atoms with Gasteiger partial charge in [0.15, 0.2) is 0 Å². The Morgan fingerprint density at radius 3 is 2.60 bits per heavy atom. The number of thiazole rings is 1. The van der Waals surface area contributed by atoms with Gasteiger partial charge in [0.2, 0.25) is 4.80 Å². The molecule has 4 aromatic rings. The number of benzene rings is 1. The Morgan fingerprint density at radius 1 is 1.00 bits per heavy atom. The number of nitrogens with zero attached hydrogens (tertiary/aromatic N) is 5. The molecule has 1 aromatic carbocycles. The molecule has 0 radical (unpaired) electrons. The van der Waals surface area contributed by atoms with Gasteiger partial charge >= 0.3 is 0 Å². The molecule has 3 heterocycles. The Hall–Kier alpha value is -3.78. The van der Waals surface area contributed by atoms with Gasteiger partial charge in [-0.05, 0) is 48.0 Å². The van der Waals surface area contributed by atoms with Crippen LogP contribution in [-0.4, -0.2) is 35.1 Å². The lowest BCUT2D eigenvalue weighted by Crippen LogP contribution is -2.12. The minimum absolute atomic E-state index is 0.702. The van der Waals surface area contributed by atoms with Crippen molar-refractivity contribution in [1.82, 2.24) is 14.6 Å². The van der Waals surface area contributed by atoms with E-state index in [1.54, 1.807) is 49.9 Å². The number of ether oxygens (including phenoxy) is 2. The second-order valence-corrected chi connectivity index (χ2v) is 6.97. The number of hydrogen-bond acceptors (Lipinski definition) is 7. The minimum Gasteiger partial charge on any atom is -0.497 e. The molecule has 30 heavy (non-hydrogen) atoms. The van der Waals surface area contributed by atoms with Gasteiger partial charge in [0.1, 0.15) is 11.5 Å². The predicted octanol–water partition coefficient (Wildman–Crippen LogP) is 4.14. The molecule has 0 aliphatic rings. The highest BCUT2D eigenvalue weighted by atomic mass is 32.1. The van der Waals surface area contributed by atoms with E-state index in [1.807, 2.05) is 47.8 Å². The fourth-order valence-corrected chi connectivity index (χ4v) is 3.64. The smallest absolute Gasteiger partial charge is 0.211 e. The second-order valence-electron chi connectivity index (χ2n) is 6.13. The number of methoxy groups -OCH3 is 2. The Kier molecular flexibility index (Phi) is 5.95. The molecule has 0 saturated carbocycles. The van der Waals surface area contributed by atoms with Crippen LogP contribution in [0.25, 0.3) is 11.3 Å². The van der Waals surface area contributed by atoms with E-state index in [-0.39, 0.29) is 0 Å². The van der Waals surface area contributed by atoms with Crippen molar-refractivity contribution in [2.75, 3.05) is 14.2 Å². The van der Waals surface area contributed by atoms with Crippen LogP contribution < -0.4 is 14.3 Å². The molecule has 4 rings (SSSR count). The summed E-state index contributed by atoms with van der Waals surface area (Å²) < 4.78 is 12.8. The summed E-state index contributed by atoms with van der Waals surface area (Å²) in [6, 6.07) is 13.2. The molecule has 0 aliphatic heterocycles. The molecule has 0 unspecified atom stereocenters. The summed E-state index contributed by atoms with van der Waals surface area (Å²) >= 11 is 1.48. The zero-order valence-electron chi connectivity index (χ0n) is 16.5. The summed E-state index contributed by atoms with van der Waals surface area (Å²) in [6.45, 7) is 0. The number of rotatable bonds is 6. The second kappa shape index (κ2) is 9.15. The highest BCUT2D eigenvalue weighted by Gasteiger charge is 2.14. The lowest BCUT2D eigenvalue weighted by molar-refractivity contribution is 0.404. The summed E-state index contributed by atoms with van der Waals surface area (Å²) in [5.41, 5.74) is 3.37. The Bertz CT molecular complexity index is 1220. The molecule has 0 saturated heterocycles. The van der Waals surface area contributed by atoms with E-state index in [0.717, 1.165) is 34.0 Å². The van der Waals surface area contributed by atoms with Gasteiger partial charge in [-0.15, -0.1) is 11.3 Å². The van der Waals surface area contributed by atoms with Crippen molar-refractivity contribution in [1.29, 1.82) is 0 Å². The largest absolute Gasteiger partial charge is 0.497 e. The predicted molar refractivity (Wildman–Crippen MR) is 118 cm³/mol. The average Bonchev–Trinajstić information content (AvgIpc) is 3.20. The van der Waals surface area contributed by atoms with Gasteiger partial charge in [-0.1, -0.05) is 0 Å². The van der Waals surface area contributed by atoms with Crippen LogP contribution in [0.3, 0.4) is 0 Å². The molecule has 150 valence electrons. The van der Waals surface area contributed by atoms with E-state index in [4.69, 9.17) is 19.6 Å². The summed E-state index contributed by atoms with van der Waals surface area (Å²) in [4.78, 5) is 13.6. The third kappa shape index (κ3) is 4.28. The normalized spacial score (nSPS) is 11.7. The van der Waals surface area contributed by atoms with Crippen molar-refractivity contribution in [3.63, 3.8) is 0 Å². The van der Waals surface area contributed by atoms with Crippen molar-refractivity contribution in [3.05, 3.63) is 83.0 Å². The van der Waals surface area contributed by atoms with Gasteiger partial charge in [0.05, 0.1) is 38.0 Å². The topological polar surface area (TPSA) is 73.9 Å². The SMILES string of the molecule is COc1ccc(OC)c(-c2csc(=Nc3cccnc3)n2N=Cc2ccncc2)c1. The number of aromatic nitrogens is 3. The maximum atomic E-state index is 5.58. The van der Waals surface area contributed by atoms with E-state index >= 15 is 0 Å². The Morgan fingerprint density at radius 2 is 1.87 bits per heavy atom. The van der Waals surface area contributed by atoms with Crippen molar-refractivity contribution < 1.29 is 9.47 Å². The first-order valence-electron chi connectivity index (χ1n) is 9.10. The van der Waals surface area contributed by atoms with E-state index in [9.17, 15) is 0 Å². The van der Waals surface area contributed by atoms with E-state index in [2.05, 4.69) is 9.97 Å². The Labute approximate surface area is 177 Å². The highest BCUT2D eigenvalue weighted by molar-refractivity contribution is 7.07. The molecule has 0 atom stereocenters. The van der Waals surface area contributed by atoms with Crippen LogP contribution in [0.15, 0.2) is 82.7 Å². The summed E-state index contributed by atoms with van der Waals surface area (Å²) in [5.74, 6) is 1.45. The van der Waals surface area contributed by atoms with Crippen LogP contribution in [0.5, 0.6) is 11.5 Å². The molecular weight excluding hydrogens is 398 g/mol. The van der Waals surface area contributed by atoms with Crippen LogP contribution in [0.4, 0.5) is 5.69 Å². The zero-order chi connectivity index (χ0) is 20.8. The quantitative estimate of drug-likeness (QED) is 0.442. The molecule has 3 aromatic heterocycles. The first-order chi connectivity index (χ1) is 14.8. The number of hydrogen-bond donors (Lipinski definition) is 0. The maximum Gasteiger partial charge on any atom is 0.211 e. The average molecular weight is 417 g/mol. The summed E-state index contributed by atoms with van der Waals surface area (Å²) in [7, 11) is 3.28. The summed E-state index contributed by atoms with van der Waals surface area (Å²) in [5, 5.41) is 6.70. The van der Waals surface area contributed by atoms with Crippen molar-refractivity contribution in [2.24, 2.45) is 10.1 Å². The standard InChI is InChI=1S/C22H19N5O2S/c1-28-18-5-6-21(29-2)19(12-18)20-15-30-22(26-17-4-3-9-24-14-17)27(20)25-13-16-7-10-23-11-8-16/h3-15H,1-2H3. The van der Waals surface area contributed by atoms with E-state index < -0.39 is 0 Å². The van der Waals surface area contributed by atoms with Crippen molar-refractivity contribution >= 4 is 23.2 Å². The monoisotopic (exact) mass is 417 g/mol. The minimum atomic E-state index is 0.702.